The Bertz CT molecular complexity index is 407. The lowest BCUT2D eigenvalue weighted by molar-refractivity contribution is -0.117. The molecule has 1 aliphatic heterocycles. The van der Waals surface area contributed by atoms with Crippen molar-refractivity contribution < 1.29 is 4.79 Å². The lowest BCUT2D eigenvalue weighted by atomic mass is 9.77. The van der Waals surface area contributed by atoms with Gasteiger partial charge in [-0.1, -0.05) is 39.0 Å². The molecule has 1 aromatic carbocycles. The molecule has 1 heterocycles. The molecule has 0 atom stereocenters. The molecule has 1 N–H and O–H groups in total. The first kappa shape index (κ1) is 10.2. The van der Waals surface area contributed by atoms with Crippen LogP contribution in [0.3, 0.4) is 0 Å². The highest BCUT2D eigenvalue weighted by Gasteiger charge is 2.32. The third-order valence-corrected chi connectivity index (χ3v) is 3.13. The van der Waals surface area contributed by atoms with Crippen LogP contribution in [-0.2, 0) is 16.6 Å². The van der Waals surface area contributed by atoms with E-state index in [9.17, 15) is 4.79 Å². The average molecular weight is 203 g/mol. The predicted octanol–water partition coefficient (Wildman–Crippen LogP) is 2.87. The van der Waals surface area contributed by atoms with Gasteiger partial charge in [0.25, 0.3) is 0 Å². The number of aryl methyl sites for hydroxylation is 1. The van der Waals surface area contributed by atoms with Gasteiger partial charge in [0.2, 0.25) is 5.91 Å². The van der Waals surface area contributed by atoms with Crippen molar-refractivity contribution in [3.63, 3.8) is 0 Å². The fourth-order valence-corrected chi connectivity index (χ4v) is 2.29. The van der Waals surface area contributed by atoms with E-state index in [1.54, 1.807) is 0 Å². The Morgan fingerprint density at radius 1 is 1.40 bits per heavy atom. The van der Waals surface area contributed by atoms with E-state index in [-0.39, 0.29) is 11.3 Å². The second-order valence-corrected chi connectivity index (χ2v) is 4.80. The molecule has 1 aromatic rings. The van der Waals surface area contributed by atoms with Gasteiger partial charge < -0.3 is 5.32 Å². The topological polar surface area (TPSA) is 29.1 Å². The van der Waals surface area contributed by atoms with E-state index in [0.29, 0.717) is 6.42 Å². The first-order valence-electron chi connectivity index (χ1n) is 5.47. The third-order valence-electron chi connectivity index (χ3n) is 3.13. The van der Waals surface area contributed by atoms with Gasteiger partial charge in [-0.15, -0.1) is 0 Å². The molecular formula is C13H17NO. The Labute approximate surface area is 90.7 Å². The fourth-order valence-electron chi connectivity index (χ4n) is 2.29. The maximum Gasteiger partial charge on any atom is 0.225 e. The number of hydrogen-bond donors (Lipinski definition) is 1. The molecule has 80 valence electrons. The average Bonchev–Trinajstić information content (AvgIpc) is 2.15. The van der Waals surface area contributed by atoms with E-state index in [0.717, 1.165) is 12.1 Å². The Morgan fingerprint density at radius 3 is 2.80 bits per heavy atom. The number of fused-ring (bicyclic) bond motifs is 1. The molecule has 2 nitrogen and oxygen atoms in total. The second kappa shape index (κ2) is 3.37. The maximum atomic E-state index is 11.6. The fraction of sp³-hybridized carbons (Fsp3) is 0.462. The Morgan fingerprint density at radius 2 is 2.13 bits per heavy atom. The summed E-state index contributed by atoms with van der Waals surface area (Å²) in [6, 6.07) is 6.28. The number of carbonyl (C=O) groups is 1. The van der Waals surface area contributed by atoms with Gasteiger partial charge in [-0.2, -0.15) is 0 Å². The van der Waals surface area contributed by atoms with Crippen LogP contribution < -0.4 is 5.32 Å². The second-order valence-electron chi connectivity index (χ2n) is 4.80. The van der Waals surface area contributed by atoms with E-state index in [2.05, 4.69) is 44.3 Å². The van der Waals surface area contributed by atoms with Gasteiger partial charge in [-0.3, -0.25) is 4.79 Å². The first-order chi connectivity index (χ1) is 7.04. The summed E-state index contributed by atoms with van der Waals surface area (Å²) >= 11 is 0. The van der Waals surface area contributed by atoms with Crippen LogP contribution in [0.2, 0.25) is 0 Å². The van der Waals surface area contributed by atoms with Crippen molar-refractivity contribution in [1.29, 1.82) is 0 Å². The third kappa shape index (κ3) is 1.65. The molecule has 0 fully saturated rings. The summed E-state index contributed by atoms with van der Waals surface area (Å²) in [6.45, 7) is 6.37. The highest BCUT2D eigenvalue weighted by Crippen LogP contribution is 2.38. The number of anilines is 1. The van der Waals surface area contributed by atoms with Crippen LogP contribution in [-0.4, -0.2) is 5.91 Å². The lowest BCUT2D eigenvalue weighted by Gasteiger charge is -2.33. The molecule has 0 aromatic heterocycles. The van der Waals surface area contributed by atoms with E-state index < -0.39 is 0 Å². The summed E-state index contributed by atoms with van der Waals surface area (Å²) in [5, 5.41) is 3.00. The summed E-state index contributed by atoms with van der Waals surface area (Å²) in [5.74, 6) is 0.133. The Balaban J connectivity index is 2.60. The van der Waals surface area contributed by atoms with Gasteiger partial charge in [0.1, 0.15) is 0 Å². The molecule has 0 saturated heterocycles. The SMILES string of the molecule is CCc1cccc2c1NC(=O)CC2(C)C. The van der Waals surface area contributed by atoms with Gasteiger partial charge in [0, 0.05) is 17.5 Å². The van der Waals surface area contributed by atoms with Crippen molar-refractivity contribution >= 4 is 11.6 Å². The van der Waals surface area contributed by atoms with Crippen molar-refractivity contribution in [3.8, 4) is 0 Å². The standard InChI is InChI=1S/C13H17NO/c1-4-9-6-5-7-10-12(9)14-11(15)8-13(10,2)3/h5-7H,4,8H2,1-3H3,(H,14,15). The monoisotopic (exact) mass is 203 g/mol. The first-order valence-corrected chi connectivity index (χ1v) is 5.47. The van der Waals surface area contributed by atoms with Crippen LogP contribution in [0.5, 0.6) is 0 Å². The number of carbonyl (C=O) groups excluding carboxylic acids is 1. The molecule has 0 radical (unpaired) electrons. The molecule has 0 spiro atoms. The number of para-hydroxylation sites is 1. The molecule has 0 saturated carbocycles. The predicted molar refractivity (Wildman–Crippen MR) is 62.1 cm³/mol. The van der Waals surface area contributed by atoms with E-state index in [1.165, 1.54) is 11.1 Å². The summed E-state index contributed by atoms with van der Waals surface area (Å²) in [6.07, 6.45) is 1.53. The largest absolute Gasteiger partial charge is 0.326 e. The van der Waals surface area contributed by atoms with Crippen molar-refractivity contribution in [3.05, 3.63) is 29.3 Å². The Kier molecular flexibility index (Phi) is 2.29. The van der Waals surface area contributed by atoms with E-state index in [1.807, 2.05) is 0 Å². The zero-order valence-electron chi connectivity index (χ0n) is 9.55. The summed E-state index contributed by atoms with van der Waals surface area (Å²) in [5.41, 5.74) is 3.50. The van der Waals surface area contributed by atoms with Crippen LogP contribution in [0.15, 0.2) is 18.2 Å². The van der Waals surface area contributed by atoms with Crippen molar-refractivity contribution in [2.75, 3.05) is 5.32 Å². The highest BCUT2D eigenvalue weighted by molar-refractivity contribution is 5.96. The van der Waals surface area contributed by atoms with Crippen LogP contribution in [0, 0.1) is 0 Å². The number of nitrogens with one attached hydrogen (secondary N) is 1. The molecule has 0 aliphatic carbocycles. The van der Waals surface area contributed by atoms with Crippen molar-refractivity contribution in [2.45, 2.75) is 39.0 Å². The zero-order valence-corrected chi connectivity index (χ0v) is 9.55. The van der Waals surface area contributed by atoms with Crippen molar-refractivity contribution in [1.82, 2.24) is 0 Å². The van der Waals surface area contributed by atoms with Crippen LogP contribution in [0.25, 0.3) is 0 Å². The number of hydrogen-bond acceptors (Lipinski definition) is 1. The quantitative estimate of drug-likeness (QED) is 0.747. The molecule has 0 unspecified atom stereocenters. The van der Waals surface area contributed by atoms with Crippen molar-refractivity contribution in [2.24, 2.45) is 0 Å². The van der Waals surface area contributed by atoms with E-state index >= 15 is 0 Å². The van der Waals surface area contributed by atoms with Crippen LogP contribution in [0.1, 0.15) is 38.3 Å². The Hall–Kier alpha value is -1.31. The summed E-state index contributed by atoms with van der Waals surface area (Å²) in [7, 11) is 0. The summed E-state index contributed by atoms with van der Waals surface area (Å²) < 4.78 is 0. The van der Waals surface area contributed by atoms with Gasteiger partial charge >= 0.3 is 0 Å². The lowest BCUT2D eigenvalue weighted by Crippen LogP contribution is -2.33. The molecular weight excluding hydrogens is 186 g/mol. The van der Waals surface area contributed by atoms with Gasteiger partial charge in [-0.05, 0) is 17.5 Å². The van der Waals surface area contributed by atoms with Crippen LogP contribution in [0.4, 0.5) is 5.69 Å². The molecule has 1 amide bonds. The van der Waals surface area contributed by atoms with Gasteiger partial charge in [0.15, 0.2) is 0 Å². The zero-order chi connectivity index (χ0) is 11.1. The summed E-state index contributed by atoms with van der Waals surface area (Å²) in [4.78, 5) is 11.6. The van der Waals surface area contributed by atoms with Gasteiger partial charge in [-0.25, -0.2) is 0 Å². The minimum absolute atomic E-state index is 0.0388. The molecule has 0 bridgehead atoms. The minimum atomic E-state index is -0.0388. The molecule has 15 heavy (non-hydrogen) atoms. The van der Waals surface area contributed by atoms with Gasteiger partial charge in [0.05, 0.1) is 0 Å². The molecule has 1 aliphatic rings. The maximum absolute atomic E-state index is 11.6. The molecule has 2 rings (SSSR count). The van der Waals surface area contributed by atoms with Crippen LogP contribution >= 0.6 is 0 Å². The normalized spacial score (nSPS) is 18.2. The highest BCUT2D eigenvalue weighted by atomic mass is 16.1. The van der Waals surface area contributed by atoms with E-state index in [4.69, 9.17) is 0 Å². The number of benzene rings is 1. The molecule has 2 heteroatoms. The minimum Gasteiger partial charge on any atom is -0.326 e. The number of amides is 1. The smallest absolute Gasteiger partial charge is 0.225 e. The number of rotatable bonds is 1.